The van der Waals surface area contributed by atoms with Crippen LogP contribution in [0.15, 0.2) is 18.5 Å². The first-order valence-corrected chi connectivity index (χ1v) is 6.71. The molecule has 3 nitrogen and oxygen atoms in total. The molecule has 18 heavy (non-hydrogen) atoms. The summed E-state index contributed by atoms with van der Waals surface area (Å²) in [6.07, 6.45) is 7.97. The molecule has 0 bridgehead atoms. The number of rotatable bonds is 5. The number of ether oxygens (including phenoxy) is 1. The molecule has 1 aromatic heterocycles. The van der Waals surface area contributed by atoms with Gasteiger partial charge in [0.25, 0.3) is 0 Å². The summed E-state index contributed by atoms with van der Waals surface area (Å²) >= 11 is 0. The van der Waals surface area contributed by atoms with E-state index in [1.807, 2.05) is 6.92 Å². The molecule has 0 radical (unpaired) electrons. The van der Waals surface area contributed by atoms with E-state index < -0.39 is 0 Å². The fourth-order valence-corrected chi connectivity index (χ4v) is 2.28. The van der Waals surface area contributed by atoms with E-state index >= 15 is 0 Å². The van der Waals surface area contributed by atoms with Crippen LogP contribution in [0.1, 0.15) is 44.2 Å². The summed E-state index contributed by atoms with van der Waals surface area (Å²) in [6.45, 7) is 3.81. The van der Waals surface area contributed by atoms with Crippen molar-refractivity contribution in [1.29, 1.82) is 0 Å². The first-order chi connectivity index (χ1) is 8.75. The average Bonchev–Trinajstić information content (AvgIpc) is 2.40. The number of pyridine rings is 1. The molecule has 4 heteroatoms. The first kappa shape index (κ1) is 13.4. The van der Waals surface area contributed by atoms with E-state index in [1.54, 1.807) is 6.20 Å². The van der Waals surface area contributed by atoms with Crippen molar-refractivity contribution < 1.29 is 9.13 Å². The van der Waals surface area contributed by atoms with E-state index in [1.165, 1.54) is 25.1 Å². The quantitative estimate of drug-likeness (QED) is 0.875. The van der Waals surface area contributed by atoms with Crippen LogP contribution in [-0.4, -0.2) is 24.2 Å². The van der Waals surface area contributed by atoms with Crippen LogP contribution < -0.4 is 5.32 Å². The van der Waals surface area contributed by atoms with Gasteiger partial charge < -0.3 is 10.1 Å². The van der Waals surface area contributed by atoms with Crippen LogP contribution in [0.4, 0.5) is 4.39 Å². The van der Waals surface area contributed by atoms with Gasteiger partial charge in [-0.15, -0.1) is 0 Å². The Morgan fingerprint density at radius 1 is 1.50 bits per heavy atom. The zero-order valence-corrected chi connectivity index (χ0v) is 10.9. The molecular weight excluding hydrogens is 231 g/mol. The monoisotopic (exact) mass is 252 g/mol. The second-order valence-corrected chi connectivity index (χ2v) is 4.89. The van der Waals surface area contributed by atoms with Gasteiger partial charge in [-0.1, -0.05) is 0 Å². The van der Waals surface area contributed by atoms with Crippen molar-refractivity contribution in [2.75, 3.05) is 13.2 Å². The molecule has 0 spiro atoms. The van der Waals surface area contributed by atoms with Crippen LogP contribution in [0.25, 0.3) is 0 Å². The van der Waals surface area contributed by atoms with Gasteiger partial charge in [0.05, 0.1) is 12.3 Å². The number of nitrogens with one attached hydrogen (secondary N) is 1. The van der Waals surface area contributed by atoms with Crippen LogP contribution in [0.3, 0.4) is 0 Å². The number of hydrogen-bond acceptors (Lipinski definition) is 3. The average molecular weight is 252 g/mol. The summed E-state index contributed by atoms with van der Waals surface area (Å²) in [5, 5.41) is 3.39. The highest BCUT2D eigenvalue weighted by molar-refractivity contribution is 5.14. The number of halogens is 1. The molecule has 0 amide bonds. The molecular formula is C14H21FN2O. The van der Waals surface area contributed by atoms with Crippen molar-refractivity contribution in [3.63, 3.8) is 0 Å². The van der Waals surface area contributed by atoms with E-state index in [-0.39, 0.29) is 11.9 Å². The third-order valence-corrected chi connectivity index (χ3v) is 3.42. The lowest BCUT2D eigenvalue weighted by molar-refractivity contribution is 0.0112. The summed E-state index contributed by atoms with van der Waals surface area (Å²) in [4.78, 5) is 3.86. The molecule has 1 N–H and O–H groups in total. The van der Waals surface area contributed by atoms with Gasteiger partial charge in [0.2, 0.25) is 0 Å². The molecule has 0 aromatic carbocycles. The van der Waals surface area contributed by atoms with Crippen LogP contribution in [-0.2, 0) is 4.74 Å². The molecule has 2 heterocycles. The fourth-order valence-electron chi connectivity index (χ4n) is 2.28. The maximum absolute atomic E-state index is 13.0. The van der Waals surface area contributed by atoms with E-state index in [0.29, 0.717) is 6.10 Å². The Balaban J connectivity index is 1.72. The van der Waals surface area contributed by atoms with E-state index in [2.05, 4.69) is 10.3 Å². The first-order valence-electron chi connectivity index (χ1n) is 6.71. The summed E-state index contributed by atoms with van der Waals surface area (Å²) in [5.74, 6) is -0.281. The van der Waals surface area contributed by atoms with Crippen LogP contribution in [0, 0.1) is 5.82 Å². The largest absolute Gasteiger partial charge is 0.378 e. The minimum atomic E-state index is -0.281. The van der Waals surface area contributed by atoms with Crippen molar-refractivity contribution in [2.24, 2.45) is 0 Å². The van der Waals surface area contributed by atoms with Gasteiger partial charge in [0.1, 0.15) is 5.82 Å². The molecule has 2 unspecified atom stereocenters. The third-order valence-electron chi connectivity index (χ3n) is 3.42. The molecule has 0 aliphatic carbocycles. The fraction of sp³-hybridized carbons (Fsp3) is 0.643. The van der Waals surface area contributed by atoms with Crippen molar-refractivity contribution in [3.8, 4) is 0 Å². The molecule has 2 rings (SSSR count). The minimum Gasteiger partial charge on any atom is -0.378 e. The molecule has 1 aliphatic heterocycles. The van der Waals surface area contributed by atoms with Crippen molar-refractivity contribution in [1.82, 2.24) is 10.3 Å². The molecule has 1 fully saturated rings. The Morgan fingerprint density at radius 2 is 2.39 bits per heavy atom. The molecule has 1 saturated heterocycles. The SMILES string of the molecule is CC(NCCC1CCCCO1)c1cncc(F)c1. The second kappa shape index (κ2) is 6.81. The zero-order chi connectivity index (χ0) is 12.8. The normalized spacial score (nSPS) is 21.8. The number of hydrogen-bond donors (Lipinski definition) is 1. The Bertz CT molecular complexity index is 367. The highest BCUT2D eigenvalue weighted by atomic mass is 19.1. The van der Waals surface area contributed by atoms with E-state index in [9.17, 15) is 4.39 Å². The van der Waals surface area contributed by atoms with Gasteiger partial charge in [-0.3, -0.25) is 4.98 Å². The van der Waals surface area contributed by atoms with Crippen LogP contribution in [0.5, 0.6) is 0 Å². The summed E-state index contributed by atoms with van der Waals surface area (Å²) in [7, 11) is 0. The van der Waals surface area contributed by atoms with Crippen molar-refractivity contribution in [3.05, 3.63) is 29.8 Å². The van der Waals surface area contributed by atoms with Crippen molar-refractivity contribution >= 4 is 0 Å². The summed E-state index contributed by atoms with van der Waals surface area (Å²) < 4.78 is 18.7. The maximum atomic E-state index is 13.0. The van der Waals surface area contributed by atoms with Gasteiger partial charge in [-0.05, 0) is 50.8 Å². The van der Waals surface area contributed by atoms with Gasteiger partial charge in [0, 0.05) is 18.8 Å². The topological polar surface area (TPSA) is 34.1 Å². The number of aromatic nitrogens is 1. The van der Waals surface area contributed by atoms with Crippen molar-refractivity contribution in [2.45, 2.75) is 44.8 Å². The van der Waals surface area contributed by atoms with Gasteiger partial charge in [-0.25, -0.2) is 4.39 Å². The highest BCUT2D eigenvalue weighted by Crippen LogP contribution is 2.16. The molecule has 0 saturated carbocycles. The minimum absolute atomic E-state index is 0.122. The lowest BCUT2D eigenvalue weighted by atomic mass is 10.1. The highest BCUT2D eigenvalue weighted by Gasteiger charge is 2.14. The van der Waals surface area contributed by atoms with Gasteiger partial charge >= 0.3 is 0 Å². The molecule has 1 aromatic rings. The molecule has 100 valence electrons. The standard InChI is InChI=1S/C14H21FN2O/c1-11(12-8-13(15)10-16-9-12)17-6-5-14-4-2-3-7-18-14/h8-11,14,17H,2-7H2,1H3. The van der Waals surface area contributed by atoms with E-state index in [0.717, 1.165) is 31.6 Å². The smallest absolute Gasteiger partial charge is 0.141 e. The lowest BCUT2D eigenvalue weighted by Crippen LogP contribution is -2.27. The Hall–Kier alpha value is -1.00. The zero-order valence-electron chi connectivity index (χ0n) is 10.9. The molecule has 1 aliphatic rings. The Labute approximate surface area is 108 Å². The van der Waals surface area contributed by atoms with Crippen LogP contribution in [0.2, 0.25) is 0 Å². The third kappa shape index (κ3) is 4.03. The van der Waals surface area contributed by atoms with Crippen LogP contribution >= 0.6 is 0 Å². The van der Waals surface area contributed by atoms with Gasteiger partial charge in [0.15, 0.2) is 0 Å². The number of nitrogens with zero attached hydrogens (tertiary/aromatic N) is 1. The van der Waals surface area contributed by atoms with E-state index in [4.69, 9.17) is 4.74 Å². The Morgan fingerprint density at radius 3 is 3.11 bits per heavy atom. The predicted octanol–water partition coefficient (Wildman–Crippen LogP) is 2.83. The van der Waals surface area contributed by atoms with Gasteiger partial charge in [-0.2, -0.15) is 0 Å². The summed E-state index contributed by atoms with van der Waals surface area (Å²) in [6, 6.07) is 1.65. The summed E-state index contributed by atoms with van der Waals surface area (Å²) in [5.41, 5.74) is 0.888. The molecule has 2 atom stereocenters. The predicted molar refractivity (Wildman–Crippen MR) is 68.8 cm³/mol. The maximum Gasteiger partial charge on any atom is 0.141 e. The Kier molecular flexibility index (Phi) is 5.08. The second-order valence-electron chi connectivity index (χ2n) is 4.89. The lowest BCUT2D eigenvalue weighted by Gasteiger charge is -2.23.